The molecule has 20 valence electrons. The molecule has 0 fully saturated rings. The summed E-state index contributed by atoms with van der Waals surface area (Å²) in [4.78, 5) is 0. The van der Waals surface area contributed by atoms with Crippen molar-refractivity contribution in [3.05, 3.63) is 12.8 Å². The Labute approximate surface area is 47.6 Å². The van der Waals surface area contributed by atoms with E-state index in [2.05, 4.69) is 6.58 Å². The van der Waals surface area contributed by atoms with Crippen LogP contribution in [0.1, 0.15) is 0 Å². The summed E-state index contributed by atoms with van der Waals surface area (Å²) in [6.45, 7) is 2.92. The fourth-order valence-corrected chi connectivity index (χ4v) is 0. The Morgan fingerprint density at radius 2 is 1.75 bits per heavy atom. The van der Waals surface area contributed by atoms with Crippen molar-refractivity contribution in [2.24, 2.45) is 0 Å². The molecular formula is C2H5NaO. The maximum absolute atomic E-state index is 7.33. The summed E-state index contributed by atoms with van der Waals surface area (Å²) in [5.41, 5.74) is 0. The van der Waals surface area contributed by atoms with E-state index in [4.69, 9.17) is 5.11 Å². The van der Waals surface area contributed by atoms with Crippen LogP contribution in [0.25, 0.3) is 0 Å². The number of rotatable bonds is 0. The van der Waals surface area contributed by atoms with E-state index in [-0.39, 0.29) is 29.6 Å². The van der Waals surface area contributed by atoms with Crippen LogP contribution in [0.4, 0.5) is 0 Å². The summed E-state index contributed by atoms with van der Waals surface area (Å²) in [6, 6.07) is 0. The number of hydrogen-bond donors (Lipinski definition) is 1. The number of aliphatic hydroxyl groups excluding tert-OH is 1. The molecule has 0 atom stereocenters. The van der Waals surface area contributed by atoms with Crippen LogP contribution in [0.15, 0.2) is 12.8 Å². The Kier molecular flexibility index (Phi) is 21.2. The van der Waals surface area contributed by atoms with Crippen molar-refractivity contribution in [1.29, 1.82) is 0 Å². The molecule has 0 saturated heterocycles. The van der Waals surface area contributed by atoms with E-state index in [1.807, 2.05) is 0 Å². The van der Waals surface area contributed by atoms with Gasteiger partial charge in [0.05, 0.1) is 6.26 Å². The summed E-state index contributed by atoms with van der Waals surface area (Å²) < 4.78 is 0. The van der Waals surface area contributed by atoms with Gasteiger partial charge in [-0.3, -0.25) is 0 Å². The van der Waals surface area contributed by atoms with Crippen molar-refractivity contribution in [3.8, 4) is 0 Å². The molecule has 0 radical (unpaired) electrons. The van der Waals surface area contributed by atoms with Crippen LogP contribution in [0, 0.1) is 0 Å². The molecule has 1 nitrogen and oxygen atoms in total. The minimum absolute atomic E-state index is 0. The van der Waals surface area contributed by atoms with E-state index < -0.39 is 0 Å². The third-order valence-corrected chi connectivity index (χ3v) is 0. The van der Waals surface area contributed by atoms with E-state index in [1.165, 1.54) is 0 Å². The maximum atomic E-state index is 7.33. The molecule has 0 spiro atoms. The molecule has 1 N–H and O–H groups in total. The summed E-state index contributed by atoms with van der Waals surface area (Å²) in [7, 11) is 0. The minimum atomic E-state index is 0. The third-order valence-electron chi connectivity index (χ3n) is 0. The molecule has 0 aromatic rings. The molecule has 4 heavy (non-hydrogen) atoms. The van der Waals surface area contributed by atoms with Crippen LogP contribution >= 0.6 is 0 Å². The van der Waals surface area contributed by atoms with E-state index in [0.717, 1.165) is 6.26 Å². The first-order valence-electron chi connectivity index (χ1n) is 0.666. The van der Waals surface area contributed by atoms with Gasteiger partial charge in [0.25, 0.3) is 0 Å². The van der Waals surface area contributed by atoms with Gasteiger partial charge in [-0.15, -0.1) is 0 Å². The van der Waals surface area contributed by atoms with Gasteiger partial charge in [-0.2, -0.15) is 0 Å². The van der Waals surface area contributed by atoms with Crippen LogP contribution in [0.5, 0.6) is 0 Å². The third kappa shape index (κ3) is 20.7. The second-order valence-corrected chi connectivity index (χ2v) is 0.183. The van der Waals surface area contributed by atoms with Crippen molar-refractivity contribution in [2.45, 2.75) is 0 Å². The average molecular weight is 68.1 g/mol. The molecule has 0 unspecified atom stereocenters. The first-order valence-corrected chi connectivity index (χ1v) is 0.666. The fourth-order valence-electron chi connectivity index (χ4n) is 0. The molecule has 0 aliphatic carbocycles. The van der Waals surface area contributed by atoms with Crippen molar-refractivity contribution < 1.29 is 5.11 Å². The van der Waals surface area contributed by atoms with Gasteiger partial charge in [0.1, 0.15) is 0 Å². The van der Waals surface area contributed by atoms with E-state index in [1.54, 1.807) is 0 Å². The average Bonchev–Trinajstić information content (AvgIpc) is 0.918. The van der Waals surface area contributed by atoms with Crippen molar-refractivity contribution in [1.82, 2.24) is 0 Å². The van der Waals surface area contributed by atoms with Gasteiger partial charge in [0.15, 0.2) is 0 Å². The first-order chi connectivity index (χ1) is 1.41. The second kappa shape index (κ2) is 9.63. The Balaban J connectivity index is 0. The second-order valence-electron chi connectivity index (χ2n) is 0.183. The summed E-state index contributed by atoms with van der Waals surface area (Å²) in [6.07, 6.45) is 0.750. The van der Waals surface area contributed by atoms with Gasteiger partial charge in [-0.05, 0) is 0 Å². The molecule has 0 aliphatic heterocycles. The molecule has 0 aromatic heterocycles. The summed E-state index contributed by atoms with van der Waals surface area (Å²) in [5, 5.41) is 7.33. The van der Waals surface area contributed by atoms with Gasteiger partial charge in [-0.25, -0.2) is 0 Å². The van der Waals surface area contributed by atoms with Crippen LogP contribution in [0.3, 0.4) is 0 Å². The predicted molar refractivity (Wildman–Crippen MR) is 20.0 cm³/mol. The van der Waals surface area contributed by atoms with E-state index >= 15 is 0 Å². The molecule has 0 saturated carbocycles. The van der Waals surface area contributed by atoms with Gasteiger partial charge >= 0.3 is 29.6 Å². The molecule has 0 heterocycles. The summed E-state index contributed by atoms with van der Waals surface area (Å²) >= 11 is 0. The Morgan fingerprint density at radius 1 is 1.75 bits per heavy atom. The fraction of sp³-hybridized carbons (Fsp3) is 0. The standard InChI is InChI=1S/C2H4O.Na.H/c1-2-3;;/h2-3H,1H2;;. The summed E-state index contributed by atoms with van der Waals surface area (Å²) in [5.74, 6) is 0. The quantitative estimate of drug-likeness (QED) is 0.314. The molecule has 2 heteroatoms. The normalized spacial score (nSPS) is 3.00. The molecule has 0 rings (SSSR count). The Bertz CT molecular complexity index is 13.5. The van der Waals surface area contributed by atoms with Gasteiger partial charge in [0.2, 0.25) is 0 Å². The first kappa shape index (κ1) is 8.82. The predicted octanol–water partition coefficient (Wildman–Crippen LogP) is 0.0394. The van der Waals surface area contributed by atoms with Crippen LogP contribution in [-0.2, 0) is 0 Å². The molecule has 0 aliphatic rings. The molecule has 0 bridgehead atoms. The Hall–Kier alpha value is 0.540. The molecular weight excluding hydrogens is 63.0 g/mol. The number of aliphatic hydroxyl groups is 1. The van der Waals surface area contributed by atoms with Gasteiger partial charge in [-0.1, -0.05) is 6.58 Å². The molecule has 0 amide bonds. The van der Waals surface area contributed by atoms with Crippen molar-refractivity contribution in [2.75, 3.05) is 0 Å². The zero-order valence-electron chi connectivity index (χ0n) is 1.73. The van der Waals surface area contributed by atoms with E-state index in [0.29, 0.717) is 0 Å². The van der Waals surface area contributed by atoms with Crippen LogP contribution in [-0.4, -0.2) is 34.7 Å². The zero-order valence-corrected chi connectivity index (χ0v) is 1.73. The SMILES string of the molecule is C=CO.[NaH]. The van der Waals surface area contributed by atoms with E-state index in [9.17, 15) is 0 Å². The zero-order chi connectivity index (χ0) is 2.71. The van der Waals surface area contributed by atoms with Gasteiger partial charge in [0, 0.05) is 0 Å². The number of hydrogen-bond acceptors (Lipinski definition) is 1. The topological polar surface area (TPSA) is 20.2 Å². The van der Waals surface area contributed by atoms with Gasteiger partial charge < -0.3 is 5.11 Å². The monoisotopic (exact) mass is 68.0 g/mol. The van der Waals surface area contributed by atoms with Crippen molar-refractivity contribution in [3.63, 3.8) is 0 Å². The van der Waals surface area contributed by atoms with Crippen LogP contribution in [0.2, 0.25) is 0 Å². The Morgan fingerprint density at radius 3 is 1.75 bits per heavy atom. The van der Waals surface area contributed by atoms with Crippen molar-refractivity contribution >= 4 is 29.6 Å². The van der Waals surface area contributed by atoms with Crippen LogP contribution < -0.4 is 0 Å². The molecule has 0 aromatic carbocycles.